The van der Waals surface area contributed by atoms with Crippen molar-refractivity contribution < 1.29 is 14.3 Å². The smallest absolute Gasteiger partial charge is 0.215 e. The molecule has 0 amide bonds. The first-order valence-electron chi connectivity index (χ1n) is 10.8. The molecule has 4 aromatic rings. The molecule has 4 N–H and O–H groups in total. The lowest BCUT2D eigenvalue weighted by Crippen LogP contribution is -2.28. The Kier molecular flexibility index (Phi) is 8.18. The van der Waals surface area contributed by atoms with E-state index < -0.39 is 6.10 Å². The van der Waals surface area contributed by atoms with Crippen molar-refractivity contribution in [3.8, 4) is 5.75 Å². The molecule has 34 heavy (non-hydrogen) atoms. The van der Waals surface area contributed by atoms with Gasteiger partial charge in [0.25, 0.3) is 0 Å². The van der Waals surface area contributed by atoms with Crippen LogP contribution in [-0.4, -0.2) is 35.6 Å². The Balaban J connectivity index is 1.28. The lowest BCUT2D eigenvalue weighted by Gasteiger charge is -2.11. The number of ether oxygens (including phenoxy) is 1. The Bertz CT molecular complexity index is 1270. The predicted molar refractivity (Wildman–Crippen MR) is 137 cm³/mol. The van der Waals surface area contributed by atoms with Crippen LogP contribution in [0.4, 0.5) is 5.69 Å². The number of hydrogen-bond donors (Lipinski definition) is 4. The molecule has 1 atom stereocenters. The molecule has 0 fully saturated rings. The van der Waals surface area contributed by atoms with Gasteiger partial charge in [-0.1, -0.05) is 23.7 Å². The molecule has 0 aliphatic rings. The van der Waals surface area contributed by atoms with E-state index in [2.05, 4.69) is 15.6 Å². The quantitative estimate of drug-likeness (QED) is 0.223. The number of furan rings is 1. The van der Waals surface area contributed by atoms with Crippen LogP contribution in [0.15, 0.2) is 74.9 Å². The fourth-order valence-electron chi connectivity index (χ4n) is 3.37. The normalized spacial score (nSPS) is 12.1. The number of aromatic amines is 1. The van der Waals surface area contributed by atoms with Crippen LogP contribution in [0, 0.1) is 0 Å². The van der Waals surface area contributed by atoms with E-state index in [4.69, 9.17) is 20.8 Å². The fraction of sp³-hybridized carbons (Fsp3) is 0.240. The monoisotopic (exact) mass is 499 g/mol. The van der Waals surface area contributed by atoms with Crippen LogP contribution in [0.5, 0.6) is 5.75 Å². The third kappa shape index (κ3) is 6.36. The molecule has 178 valence electrons. The van der Waals surface area contributed by atoms with E-state index in [1.54, 1.807) is 31.1 Å². The van der Waals surface area contributed by atoms with Gasteiger partial charge in [-0.15, -0.1) is 11.8 Å². The van der Waals surface area contributed by atoms with Gasteiger partial charge in [0.05, 0.1) is 30.8 Å². The number of halogens is 1. The van der Waals surface area contributed by atoms with Crippen molar-refractivity contribution in [3.05, 3.63) is 87.4 Å². The Morgan fingerprint density at radius 2 is 1.91 bits per heavy atom. The summed E-state index contributed by atoms with van der Waals surface area (Å²) in [7, 11) is 1.63. The number of benzene rings is 2. The average Bonchev–Trinajstić information content (AvgIpc) is 3.27. The summed E-state index contributed by atoms with van der Waals surface area (Å²) in [5.41, 5.74) is 1.78. The molecule has 9 heteroatoms. The van der Waals surface area contributed by atoms with Gasteiger partial charge < -0.3 is 29.9 Å². The lowest BCUT2D eigenvalue weighted by atomic mass is 10.2. The number of pyridine rings is 1. The first-order valence-corrected chi connectivity index (χ1v) is 12.2. The van der Waals surface area contributed by atoms with Gasteiger partial charge in [0.2, 0.25) is 11.1 Å². The zero-order chi connectivity index (χ0) is 23.9. The average molecular weight is 500 g/mol. The van der Waals surface area contributed by atoms with E-state index in [1.165, 1.54) is 0 Å². The van der Waals surface area contributed by atoms with Crippen LogP contribution in [0.2, 0.25) is 5.02 Å². The van der Waals surface area contributed by atoms with E-state index in [9.17, 15) is 9.90 Å². The van der Waals surface area contributed by atoms with Crippen molar-refractivity contribution in [1.82, 2.24) is 10.3 Å². The van der Waals surface area contributed by atoms with Crippen LogP contribution in [0.25, 0.3) is 11.1 Å². The molecule has 0 bridgehead atoms. The van der Waals surface area contributed by atoms with Gasteiger partial charge in [0, 0.05) is 35.0 Å². The third-order valence-electron chi connectivity index (χ3n) is 5.20. The lowest BCUT2D eigenvalue weighted by molar-refractivity contribution is 0.194. The molecule has 4 rings (SSSR count). The highest BCUT2D eigenvalue weighted by molar-refractivity contribution is 7.99. The summed E-state index contributed by atoms with van der Waals surface area (Å²) >= 11 is 7.49. The molecule has 2 aromatic heterocycles. The molecule has 0 spiro atoms. The Hall–Kier alpha value is -2.91. The number of anilines is 1. The molecule has 7 nitrogen and oxygen atoms in total. The molecular formula is C25H26ClN3O4S. The van der Waals surface area contributed by atoms with Crippen molar-refractivity contribution in [1.29, 1.82) is 0 Å². The number of hydrogen-bond acceptors (Lipinski definition) is 7. The van der Waals surface area contributed by atoms with Crippen LogP contribution in [0.1, 0.15) is 11.3 Å². The van der Waals surface area contributed by atoms with Crippen molar-refractivity contribution in [3.63, 3.8) is 0 Å². The summed E-state index contributed by atoms with van der Waals surface area (Å²) in [6.07, 6.45) is 1.09. The number of fused-ring (bicyclic) bond motifs is 1. The van der Waals surface area contributed by atoms with Crippen LogP contribution in [-0.2, 0) is 13.1 Å². The molecular weight excluding hydrogens is 474 g/mol. The number of aliphatic hydroxyl groups excluding tert-OH is 1. The summed E-state index contributed by atoms with van der Waals surface area (Å²) in [4.78, 5) is 16.9. The van der Waals surface area contributed by atoms with Crippen LogP contribution < -0.4 is 20.8 Å². The van der Waals surface area contributed by atoms with Crippen molar-refractivity contribution in [2.45, 2.75) is 24.1 Å². The van der Waals surface area contributed by atoms with E-state index in [-0.39, 0.29) is 5.43 Å². The molecule has 2 heterocycles. The summed E-state index contributed by atoms with van der Waals surface area (Å²) in [5.74, 6) is 1.98. The highest BCUT2D eigenvalue weighted by atomic mass is 35.5. The van der Waals surface area contributed by atoms with Gasteiger partial charge in [-0.05, 0) is 48.0 Å². The second kappa shape index (κ2) is 11.5. The minimum absolute atomic E-state index is 0.131. The number of aliphatic hydroxyl groups is 1. The Morgan fingerprint density at radius 1 is 1.15 bits per heavy atom. The number of H-pyrrole nitrogens is 1. The SMILES string of the molecule is COc1ccc(SCC(O)CNCc2cc3c(=O)c(NCc4ccc(Cl)cc4)c[nH]c3o2)cc1. The minimum Gasteiger partial charge on any atom is -0.497 e. The maximum absolute atomic E-state index is 12.8. The third-order valence-corrected chi connectivity index (χ3v) is 6.61. The van der Waals surface area contributed by atoms with E-state index in [1.807, 2.05) is 48.5 Å². The van der Waals surface area contributed by atoms with Crippen molar-refractivity contribution in [2.75, 3.05) is 24.7 Å². The number of thioether (sulfide) groups is 1. The molecule has 0 aliphatic carbocycles. The van der Waals surface area contributed by atoms with Gasteiger partial charge in [-0.2, -0.15) is 0 Å². The van der Waals surface area contributed by atoms with Gasteiger partial charge in [-0.3, -0.25) is 4.79 Å². The molecule has 0 saturated carbocycles. The number of rotatable bonds is 11. The molecule has 1 unspecified atom stereocenters. The van der Waals surface area contributed by atoms with Gasteiger partial charge >= 0.3 is 0 Å². The van der Waals surface area contributed by atoms with Crippen LogP contribution in [0.3, 0.4) is 0 Å². The zero-order valence-corrected chi connectivity index (χ0v) is 20.2. The minimum atomic E-state index is -0.526. The van der Waals surface area contributed by atoms with Crippen LogP contribution >= 0.6 is 23.4 Å². The predicted octanol–water partition coefficient (Wildman–Crippen LogP) is 4.64. The summed E-state index contributed by atoms with van der Waals surface area (Å²) in [6, 6.07) is 16.9. The maximum Gasteiger partial charge on any atom is 0.215 e. The Morgan fingerprint density at radius 3 is 2.65 bits per heavy atom. The first kappa shape index (κ1) is 24.2. The standard InChI is InChI=1S/C25H26ClN3O4S/c1-32-19-6-8-21(9-7-19)34-15-18(30)12-27-13-20-10-22-24(31)23(14-29-25(22)33-20)28-11-16-2-4-17(26)5-3-16/h2-10,14,18,27-28,30H,11-13,15H2,1H3,(H,29,31). The molecule has 0 aliphatic heterocycles. The van der Waals surface area contributed by atoms with Gasteiger partial charge in [0.15, 0.2) is 0 Å². The van der Waals surface area contributed by atoms with E-state index >= 15 is 0 Å². The maximum atomic E-state index is 12.8. The largest absolute Gasteiger partial charge is 0.497 e. The second-order valence-electron chi connectivity index (χ2n) is 7.74. The van der Waals surface area contributed by atoms with E-state index in [0.717, 1.165) is 16.2 Å². The number of methoxy groups -OCH3 is 1. The van der Waals surface area contributed by atoms with Gasteiger partial charge in [-0.25, -0.2) is 0 Å². The van der Waals surface area contributed by atoms with E-state index in [0.29, 0.717) is 53.0 Å². The van der Waals surface area contributed by atoms with Crippen molar-refractivity contribution >= 4 is 40.1 Å². The Labute approximate surface area is 206 Å². The zero-order valence-electron chi connectivity index (χ0n) is 18.6. The summed E-state index contributed by atoms with van der Waals surface area (Å²) in [5, 5.41) is 17.8. The fourth-order valence-corrected chi connectivity index (χ4v) is 4.33. The summed E-state index contributed by atoms with van der Waals surface area (Å²) < 4.78 is 10.9. The molecule has 0 saturated heterocycles. The first-order chi connectivity index (χ1) is 16.5. The number of aromatic nitrogens is 1. The molecule has 2 aromatic carbocycles. The van der Waals surface area contributed by atoms with Gasteiger partial charge in [0.1, 0.15) is 11.5 Å². The topological polar surface area (TPSA) is 99.5 Å². The summed E-state index contributed by atoms with van der Waals surface area (Å²) in [6.45, 7) is 1.31. The van der Waals surface area contributed by atoms with Crippen molar-refractivity contribution in [2.24, 2.45) is 0 Å². The highest BCUT2D eigenvalue weighted by Crippen LogP contribution is 2.22. The second-order valence-corrected chi connectivity index (χ2v) is 9.27. The number of nitrogens with one attached hydrogen (secondary N) is 3. The highest BCUT2D eigenvalue weighted by Gasteiger charge is 2.12. The molecule has 0 radical (unpaired) electrons.